The molecule has 2 aliphatic heterocycles. The minimum absolute atomic E-state index is 0.0368. The van der Waals surface area contributed by atoms with Gasteiger partial charge in [0.05, 0.1) is 6.61 Å². The smallest absolute Gasteiger partial charge is 0.250 e. The van der Waals surface area contributed by atoms with E-state index in [1.165, 1.54) is 18.6 Å². The van der Waals surface area contributed by atoms with E-state index in [2.05, 4.69) is 10.6 Å². The fraction of sp³-hybridized carbons (Fsp3) is 0.900. The standard InChI is InChI=1S/C10H18N2O2S/c13-10(9-7-11-3-4-14-9)12-6-8-2-1-5-15-8/h8-9,11H,1-7H2,(H,12,13)/t8?,9-/m1/s1. The highest BCUT2D eigenvalue weighted by molar-refractivity contribution is 8.00. The number of nitrogens with one attached hydrogen (secondary N) is 2. The molecule has 0 bridgehead atoms. The zero-order valence-electron chi connectivity index (χ0n) is 8.83. The normalized spacial score (nSPS) is 31.5. The van der Waals surface area contributed by atoms with E-state index < -0.39 is 0 Å². The van der Waals surface area contributed by atoms with Crippen molar-refractivity contribution in [2.45, 2.75) is 24.2 Å². The number of hydrogen-bond donors (Lipinski definition) is 2. The lowest BCUT2D eigenvalue weighted by Gasteiger charge is -2.23. The van der Waals surface area contributed by atoms with Crippen molar-refractivity contribution >= 4 is 17.7 Å². The van der Waals surface area contributed by atoms with Crippen LogP contribution in [0.5, 0.6) is 0 Å². The lowest BCUT2D eigenvalue weighted by molar-refractivity contribution is -0.134. The Kier molecular flexibility index (Phi) is 4.29. The molecule has 2 aliphatic rings. The highest BCUT2D eigenvalue weighted by Gasteiger charge is 2.23. The summed E-state index contributed by atoms with van der Waals surface area (Å²) in [5, 5.41) is 6.74. The Balaban J connectivity index is 1.66. The molecule has 1 amide bonds. The molecule has 2 heterocycles. The molecule has 0 radical (unpaired) electrons. The van der Waals surface area contributed by atoms with Crippen molar-refractivity contribution in [1.29, 1.82) is 0 Å². The van der Waals surface area contributed by atoms with E-state index in [-0.39, 0.29) is 12.0 Å². The molecule has 0 aromatic carbocycles. The summed E-state index contributed by atoms with van der Waals surface area (Å²) in [5.74, 6) is 1.27. The molecule has 15 heavy (non-hydrogen) atoms. The molecule has 2 N–H and O–H groups in total. The van der Waals surface area contributed by atoms with Gasteiger partial charge in [-0.05, 0) is 18.6 Å². The number of hydrogen-bond acceptors (Lipinski definition) is 4. The first-order valence-electron chi connectivity index (χ1n) is 5.58. The van der Waals surface area contributed by atoms with Crippen molar-refractivity contribution in [3.05, 3.63) is 0 Å². The molecule has 2 rings (SSSR count). The second-order valence-corrected chi connectivity index (χ2v) is 5.35. The van der Waals surface area contributed by atoms with Crippen LogP contribution in [0.25, 0.3) is 0 Å². The fourth-order valence-electron chi connectivity index (χ4n) is 1.87. The molecule has 86 valence electrons. The predicted molar refractivity (Wildman–Crippen MR) is 61.1 cm³/mol. The molecule has 1 unspecified atom stereocenters. The van der Waals surface area contributed by atoms with Gasteiger partial charge in [-0.2, -0.15) is 11.8 Å². The third kappa shape index (κ3) is 3.36. The van der Waals surface area contributed by atoms with Crippen molar-refractivity contribution in [3.8, 4) is 0 Å². The van der Waals surface area contributed by atoms with Crippen LogP contribution in [0.3, 0.4) is 0 Å². The number of morpholine rings is 1. The summed E-state index contributed by atoms with van der Waals surface area (Å²) in [5.41, 5.74) is 0. The van der Waals surface area contributed by atoms with Crippen LogP contribution in [0.15, 0.2) is 0 Å². The van der Waals surface area contributed by atoms with E-state index in [0.29, 0.717) is 18.4 Å². The van der Waals surface area contributed by atoms with Gasteiger partial charge in [-0.15, -0.1) is 0 Å². The van der Waals surface area contributed by atoms with E-state index in [1.807, 2.05) is 11.8 Å². The Hall–Kier alpha value is -0.260. The van der Waals surface area contributed by atoms with Gasteiger partial charge in [0, 0.05) is 24.9 Å². The highest BCUT2D eigenvalue weighted by atomic mass is 32.2. The summed E-state index contributed by atoms with van der Waals surface area (Å²) in [6, 6.07) is 0. The first-order valence-corrected chi connectivity index (χ1v) is 6.63. The molecule has 0 aromatic rings. The second kappa shape index (κ2) is 5.72. The first kappa shape index (κ1) is 11.2. The summed E-state index contributed by atoms with van der Waals surface area (Å²) in [6.07, 6.45) is 2.23. The van der Waals surface area contributed by atoms with Crippen LogP contribution in [0.2, 0.25) is 0 Å². The third-order valence-corrected chi connectivity index (χ3v) is 4.15. The second-order valence-electron chi connectivity index (χ2n) is 3.94. The molecule has 0 aromatic heterocycles. The number of rotatable bonds is 3. The number of carbonyl (C=O) groups is 1. The van der Waals surface area contributed by atoms with E-state index in [0.717, 1.165) is 13.1 Å². The Bertz CT molecular complexity index is 213. The fourth-order valence-corrected chi connectivity index (χ4v) is 3.07. The van der Waals surface area contributed by atoms with Crippen molar-refractivity contribution in [3.63, 3.8) is 0 Å². The maximum Gasteiger partial charge on any atom is 0.250 e. The topological polar surface area (TPSA) is 50.4 Å². The quantitative estimate of drug-likeness (QED) is 0.716. The van der Waals surface area contributed by atoms with Crippen molar-refractivity contribution in [1.82, 2.24) is 10.6 Å². The average Bonchev–Trinajstić information content (AvgIpc) is 2.80. The van der Waals surface area contributed by atoms with Crippen LogP contribution in [0.1, 0.15) is 12.8 Å². The molecular weight excluding hydrogens is 212 g/mol. The van der Waals surface area contributed by atoms with Crippen LogP contribution in [0.4, 0.5) is 0 Å². The zero-order chi connectivity index (χ0) is 10.5. The average molecular weight is 230 g/mol. The molecular formula is C10H18N2O2S. The van der Waals surface area contributed by atoms with Crippen LogP contribution in [-0.2, 0) is 9.53 Å². The molecule has 5 heteroatoms. The van der Waals surface area contributed by atoms with Crippen LogP contribution in [0, 0.1) is 0 Å². The number of carbonyl (C=O) groups excluding carboxylic acids is 1. The number of thioether (sulfide) groups is 1. The van der Waals surface area contributed by atoms with Crippen LogP contribution in [-0.4, -0.2) is 49.3 Å². The van der Waals surface area contributed by atoms with Gasteiger partial charge in [0.2, 0.25) is 0 Å². The highest BCUT2D eigenvalue weighted by Crippen LogP contribution is 2.25. The Morgan fingerprint density at radius 1 is 1.60 bits per heavy atom. The molecule has 4 nitrogen and oxygen atoms in total. The first-order chi connectivity index (χ1) is 7.36. The van der Waals surface area contributed by atoms with Gasteiger partial charge in [-0.25, -0.2) is 0 Å². The monoisotopic (exact) mass is 230 g/mol. The lowest BCUT2D eigenvalue weighted by Crippen LogP contribution is -2.48. The van der Waals surface area contributed by atoms with Gasteiger partial charge in [0.25, 0.3) is 5.91 Å². The summed E-state index contributed by atoms with van der Waals surface area (Å²) in [7, 11) is 0. The molecule has 2 fully saturated rings. The van der Waals surface area contributed by atoms with Crippen molar-refractivity contribution in [2.24, 2.45) is 0 Å². The predicted octanol–water partition coefficient (Wildman–Crippen LogP) is -0.0134. The van der Waals surface area contributed by atoms with E-state index in [9.17, 15) is 4.79 Å². The maximum absolute atomic E-state index is 11.7. The maximum atomic E-state index is 11.7. The van der Waals surface area contributed by atoms with Gasteiger partial charge >= 0.3 is 0 Å². The Labute approximate surface area is 94.5 Å². The Morgan fingerprint density at radius 3 is 3.20 bits per heavy atom. The van der Waals surface area contributed by atoms with Gasteiger partial charge in [0.1, 0.15) is 6.10 Å². The molecule has 0 saturated carbocycles. The van der Waals surface area contributed by atoms with Gasteiger partial charge in [-0.3, -0.25) is 4.79 Å². The summed E-state index contributed by atoms with van der Waals surface area (Å²) >= 11 is 1.96. The van der Waals surface area contributed by atoms with Gasteiger partial charge in [-0.1, -0.05) is 0 Å². The van der Waals surface area contributed by atoms with Crippen molar-refractivity contribution < 1.29 is 9.53 Å². The number of amides is 1. The molecule has 0 spiro atoms. The lowest BCUT2D eigenvalue weighted by atomic mass is 10.2. The third-order valence-electron chi connectivity index (χ3n) is 2.75. The van der Waals surface area contributed by atoms with E-state index >= 15 is 0 Å². The van der Waals surface area contributed by atoms with Crippen LogP contribution >= 0.6 is 11.8 Å². The molecule has 2 saturated heterocycles. The van der Waals surface area contributed by atoms with E-state index in [4.69, 9.17) is 4.74 Å². The van der Waals surface area contributed by atoms with Crippen molar-refractivity contribution in [2.75, 3.05) is 32.0 Å². The van der Waals surface area contributed by atoms with Gasteiger partial charge < -0.3 is 15.4 Å². The number of ether oxygens (including phenoxy) is 1. The summed E-state index contributed by atoms with van der Waals surface area (Å²) in [6.45, 7) is 2.92. The Morgan fingerprint density at radius 2 is 2.53 bits per heavy atom. The largest absolute Gasteiger partial charge is 0.366 e. The SMILES string of the molecule is O=C(NCC1CCCS1)[C@H]1CNCCO1. The molecule has 2 atom stereocenters. The zero-order valence-corrected chi connectivity index (χ0v) is 9.65. The van der Waals surface area contributed by atoms with E-state index in [1.54, 1.807) is 0 Å². The summed E-state index contributed by atoms with van der Waals surface area (Å²) < 4.78 is 5.37. The minimum Gasteiger partial charge on any atom is -0.366 e. The molecule has 0 aliphatic carbocycles. The van der Waals surface area contributed by atoms with Gasteiger partial charge in [0.15, 0.2) is 0 Å². The minimum atomic E-state index is -0.287. The van der Waals surface area contributed by atoms with Crippen LogP contribution < -0.4 is 10.6 Å². The summed E-state index contributed by atoms with van der Waals surface area (Å²) in [4.78, 5) is 11.7.